The van der Waals surface area contributed by atoms with Crippen molar-refractivity contribution in [2.45, 2.75) is 58.0 Å². The molecular formula is C30H37FN6O5. The number of aryl methyl sites for hydroxylation is 1. The SMILES string of the molecule is COCc1c(C(O)C=O)cc2n(c1=O)Cc1c-2nc2cc(F)c(C)cc2c1CN(N)/C=C(\N)CN1CCCCC1CO. The van der Waals surface area contributed by atoms with Crippen molar-refractivity contribution in [3.63, 3.8) is 0 Å². The van der Waals surface area contributed by atoms with E-state index in [-0.39, 0.29) is 43.5 Å². The highest BCUT2D eigenvalue weighted by Gasteiger charge is 2.30. The number of benzene rings is 1. The number of aliphatic hydroxyl groups excluding tert-OH is 2. The predicted octanol–water partition coefficient (Wildman–Crippen LogP) is 1.57. The fourth-order valence-corrected chi connectivity index (χ4v) is 6.10. The van der Waals surface area contributed by atoms with Crippen LogP contribution in [0.3, 0.4) is 0 Å². The van der Waals surface area contributed by atoms with Gasteiger partial charge in [0, 0.05) is 59.7 Å². The van der Waals surface area contributed by atoms with Gasteiger partial charge in [-0.15, -0.1) is 0 Å². The first-order valence-corrected chi connectivity index (χ1v) is 14.0. The summed E-state index contributed by atoms with van der Waals surface area (Å²) in [5.74, 6) is 6.05. The van der Waals surface area contributed by atoms with Gasteiger partial charge in [-0.25, -0.2) is 15.2 Å². The number of nitrogens with two attached hydrogens (primary N) is 2. The van der Waals surface area contributed by atoms with Crippen molar-refractivity contribution in [1.82, 2.24) is 19.5 Å². The first kappa shape index (κ1) is 29.8. The van der Waals surface area contributed by atoms with Crippen molar-refractivity contribution in [3.8, 4) is 11.4 Å². The average molecular weight is 581 g/mol. The number of pyridine rings is 2. The number of nitrogens with zero attached hydrogens (tertiary/aromatic N) is 4. The number of hydrazine groups is 1. The molecule has 2 atom stereocenters. The first-order chi connectivity index (χ1) is 20.2. The van der Waals surface area contributed by atoms with E-state index >= 15 is 0 Å². The molecule has 4 heterocycles. The fraction of sp³-hybridized carbons (Fsp3) is 0.433. The Hall–Kier alpha value is -3.68. The van der Waals surface area contributed by atoms with Crippen molar-refractivity contribution in [2.24, 2.45) is 11.6 Å². The van der Waals surface area contributed by atoms with E-state index in [0.717, 1.165) is 36.9 Å². The van der Waals surface area contributed by atoms with Crippen molar-refractivity contribution >= 4 is 17.2 Å². The van der Waals surface area contributed by atoms with Crippen LogP contribution in [-0.4, -0.2) is 68.8 Å². The molecule has 6 N–H and O–H groups in total. The van der Waals surface area contributed by atoms with Gasteiger partial charge >= 0.3 is 0 Å². The van der Waals surface area contributed by atoms with Crippen LogP contribution in [0, 0.1) is 12.7 Å². The van der Waals surface area contributed by atoms with Gasteiger partial charge in [0.05, 0.1) is 43.2 Å². The molecule has 0 saturated carbocycles. The summed E-state index contributed by atoms with van der Waals surface area (Å²) in [6.07, 6.45) is 3.52. The van der Waals surface area contributed by atoms with Crippen LogP contribution >= 0.6 is 0 Å². The van der Waals surface area contributed by atoms with Gasteiger partial charge in [-0.1, -0.05) is 6.42 Å². The number of carbonyl (C=O) groups is 1. The molecule has 11 nitrogen and oxygen atoms in total. The zero-order valence-corrected chi connectivity index (χ0v) is 23.8. The molecule has 5 rings (SSSR count). The minimum atomic E-state index is -1.52. The molecule has 3 aromatic rings. The van der Waals surface area contributed by atoms with E-state index in [4.69, 9.17) is 21.3 Å². The van der Waals surface area contributed by atoms with Crippen LogP contribution in [0.2, 0.25) is 0 Å². The smallest absolute Gasteiger partial charge is 0.257 e. The molecule has 0 aliphatic carbocycles. The number of halogens is 1. The number of methoxy groups -OCH3 is 1. The number of hydrogen-bond donors (Lipinski definition) is 4. The molecule has 1 saturated heterocycles. The van der Waals surface area contributed by atoms with E-state index in [1.807, 2.05) is 0 Å². The van der Waals surface area contributed by atoms with Crippen molar-refractivity contribution in [3.05, 3.63) is 74.1 Å². The lowest BCUT2D eigenvalue weighted by Gasteiger charge is -2.34. The summed E-state index contributed by atoms with van der Waals surface area (Å²) in [4.78, 5) is 31.9. The molecule has 0 radical (unpaired) electrons. The van der Waals surface area contributed by atoms with E-state index in [9.17, 15) is 24.2 Å². The average Bonchev–Trinajstić information content (AvgIpc) is 3.33. The van der Waals surface area contributed by atoms with Crippen LogP contribution < -0.4 is 17.1 Å². The number of carbonyl (C=O) groups excluding carboxylic acids is 1. The first-order valence-electron chi connectivity index (χ1n) is 14.0. The number of fused-ring (bicyclic) bond motifs is 4. The van der Waals surface area contributed by atoms with Gasteiger partial charge in [-0.2, -0.15) is 0 Å². The number of aliphatic hydroxyl groups is 2. The summed E-state index contributed by atoms with van der Waals surface area (Å²) >= 11 is 0. The molecular weight excluding hydrogens is 543 g/mol. The van der Waals surface area contributed by atoms with Gasteiger partial charge < -0.3 is 35.1 Å². The van der Waals surface area contributed by atoms with Gasteiger partial charge in [0.25, 0.3) is 5.56 Å². The topological polar surface area (TPSA) is 160 Å². The third kappa shape index (κ3) is 5.55. The molecule has 0 amide bonds. The minimum Gasteiger partial charge on any atom is -0.400 e. The van der Waals surface area contributed by atoms with E-state index in [1.54, 1.807) is 25.3 Å². The molecule has 2 unspecified atom stereocenters. The second-order valence-electron chi connectivity index (χ2n) is 11.1. The quantitative estimate of drug-likeness (QED) is 0.123. The zero-order chi connectivity index (χ0) is 30.1. The molecule has 224 valence electrons. The molecule has 2 aliphatic heterocycles. The Balaban J connectivity index is 1.58. The summed E-state index contributed by atoms with van der Waals surface area (Å²) in [5.41, 5.74) is 10.00. The van der Waals surface area contributed by atoms with Crippen LogP contribution in [0.5, 0.6) is 0 Å². The number of aldehydes is 1. The highest BCUT2D eigenvalue weighted by atomic mass is 19.1. The number of likely N-dealkylation sites (tertiary alicyclic amines) is 1. The molecule has 0 bridgehead atoms. The fourth-order valence-electron chi connectivity index (χ4n) is 6.10. The predicted molar refractivity (Wildman–Crippen MR) is 155 cm³/mol. The largest absolute Gasteiger partial charge is 0.400 e. The van der Waals surface area contributed by atoms with Crippen molar-refractivity contribution < 1.29 is 24.1 Å². The van der Waals surface area contributed by atoms with Gasteiger partial charge in [-0.05, 0) is 49.6 Å². The van der Waals surface area contributed by atoms with E-state index in [0.29, 0.717) is 46.4 Å². The Bertz CT molecular complexity index is 1610. The molecule has 1 aromatic carbocycles. The maximum absolute atomic E-state index is 14.7. The Labute approximate surface area is 242 Å². The maximum atomic E-state index is 14.7. The lowest BCUT2D eigenvalue weighted by atomic mass is 9.98. The normalized spacial score (nSPS) is 17.8. The monoisotopic (exact) mass is 580 g/mol. The molecule has 1 fully saturated rings. The lowest BCUT2D eigenvalue weighted by molar-refractivity contribution is -0.115. The second-order valence-corrected chi connectivity index (χ2v) is 11.1. The summed E-state index contributed by atoms with van der Waals surface area (Å²) < 4.78 is 21.4. The Morgan fingerprint density at radius 2 is 2.10 bits per heavy atom. The van der Waals surface area contributed by atoms with Crippen molar-refractivity contribution in [2.75, 3.05) is 26.8 Å². The highest BCUT2D eigenvalue weighted by Crippen LogP contribution is 2.38. The van der Waals surface area contributed by atoms with Crippen LogP contribution in [0.1, 0.15) is 53.2 Å². The number of rotatable bonds is 10. The van der Waals surface area contributed by atoms with Crippen molar-refractivity contribution in [1.29, 1.82) is 0 Å². The third-order valence-electron chi connectivity index (χ3n) is 8.23. The maximum Gasteiger partial charge on any atom is 0.257 e. The Morgan fingerprint density at radius 1 is 1.31 bits per heavy atom. The molecule has 42 heavy (non-hydrogen) atoms. The van der Waals surface area contributed by atoms with Crippen LogP contribution in [0.4, 0.5) is 4.39 Å². The highest BCUT2D eigenvalue weighted by molar-refractivity contribution is 5.88. The number of piperidine rings is 1. The van der Waals surface area contributed by atoms with E-state index in [1.165, 1.54) is 22.8 Å². The van der Waals surface area contributed by atoms with Gasteiger partial charge in [-0.3, -0.25) is 9.69 Å². The van der Waals surface area contributed by atoms with Crippen LogP contribution in [0.25, 0.3) is 22.3 Å². The summed E-state index contributed by atoms with van der Waals surface area (Å²) in [6, 6.07) is 4.70. The molecule has 0 spiro atoms. The van der Waals surface area contributed by atoms with Gasteiger partial charge in [0.2, 0.25) is 0 Å². The van der Waals surface area contributed by atoms with Gasteiger partial charge in [0.1, 0.15) is 11.9 Å². The summed E-state index contributed by atoms with van der Waals surface area (Å²) in [6.45, 7) is 3.32. The summed E-state index contributed by atoms with van der Waals surface area (Å²) in [5, 5.41) is 22.3. The second kappa shape index (κ2) is 12.3. The minimum absolute atomic E-state index is 0.0599. The van der Waals surface area contributed by atoms with Crippen LogP contribution in [-0.2, 0) is 29.2 Å². The van der Waals surface area contributed by atoms with E-state index in [2.05, 4.69) is 4.90 Å². The van der Waals surface area contributed by atoms with Crippen LogP contribution in [0.15, 0.2) is 34.9 Å². The molecule has 12 heteroatoms. The Kier molecular flexibility index (Phi) is 8.71. The third-order valence-corrected chi connectivity index (χ3v) is 8.23. The number of ether oxygens (including phenoxy) is 1. The molecule has 2 aromatic heterocycles. The number of hydrogen-bond acceptors (Lipinski definition) is 10. The van der Waals surface area contributed by atoms with E-state index < -0.39 is 17.5 Å². The molecule has 2 aliphatic rings. The van der Waals surface area contributed by atoms with Gasteiger partial charge in [0.15, 0.2) is 6.29 Å². The Morgan fingerprint density at radius 3 is 2.81 bits per heavy atom. The summed E-state index contributed by atoms with van der Waals surface area (Å²) in [7, 11) is 1.43. The standard InChI is InChI=1S/C30H37FN6O5/c1-17-7-20-22(12-36(33)11-18(32)10-35-6-4-3-5-19(35)14-38)23-13-37-27(29(23)34-26(20)9-25(17)31)8-21(28(40)15-39)24(16-42-2)30(37)41/h7-9,11,15,19,28,38,40H,3-6,10,12-14,16,32-33H2,1-2H3/b18-11-. The zero-order valence-electron chi connectivity index (χ0n) is 23.8. The number of aromatic nitrogens is 2. The lowest BCUT2D eigenvalue weighted by Crippen LogP contribution is -2.44.